The van der Waals surface area contributed by atoms with E-state index in [-0.39, 0.29) is 5.00 Å². The van der Waals surface area contributed by atoms with Crippen LogP contribution in [-0.2, 0) is 9.47 Å². The Hall–Kier alpha value is -0.980. The Bertz CT molecular complexity index is 318. The summed E-state index contributed by atoms with van der Waals surface area (Å²) in [5.41, 5.74) is 0.521. The van der Waals surface area contributed by atoms with Crippen molar-refractivity contribution in [2.75, 3.05) is 13.2 Å². The van der Waals surface area contributed by atoms with Crippen molar-refractivity contribution in [3.05, 3.63) is 27.1 Å². The molecular formula is C7H7NO4S. The summed E-state index contributed by atoms with van der Waals surface area (Å²) in [7, 11) is 0. The van der Waals surface area contributed by atoms with Crippen LogP contribution in [0.25, 0.3) is 0 Å². The van der Waals surface area contributed by atoms with Gasteiger partial charge in [-0.25, -0.2) is 0 Å². The van der Waals surface area contributed by atoms with E-state index < -0.39 is 11.2 Å². The second-order valence-corrected chi connectivity index (χ2v) is 3.41. The predicted molar refractivity (Wildman–Crippen MR) is 45.6 cm³/mol. The lowest BCUT2D eigenvalue weighted by atomic mass is 10.3. The third-order valence-electron chi connectivity index (χ3n) is 1.72. The molecule has 2 rings (SSSR count). The van der Waals surface area contributed by atoms with Crippen LogP contribution in [0.4, 0.5) is 5.00 Å². The van der Waals surface area contributed by atoms with Crippen molar-refractivity contribution in [2.24, 2.45) is 0 Å². The fourth-order valence-corrected chi connectivity index (χ4v) is 1.91. The highest BCUT2D eigenvalue weighted by Gasteiger charge is 2.27. The molecule has 0 N–H and O–H groups in total. The van der Waals surface area contributed by atoms with E-state index in [2.05, 4.69) is 0 Å². The maximum Gasteiger partial charge on any atom is 0.332 e. The third-order valence-corrected chi connectivity index (χ3v) is 2.60. The Morgan fingerprint density at radius 3 is 2.85 bits per heavy atom. The molecule has 0 unspecified atom stereocenters. The van der Waals surface area contributed by atoms with Gasteiger partial charge < -0.3 is 9.47 Å². The van der Waals surface area contributed by atoms with Crippen molar-refractivity contribution in [3.63, 3.8) is 0 Å². The largest absolute Gasteiger partial charge is 0.346 e. The molecule has 2 heterocycles. The Balaban J connectivity index is 2.28. The normalized spacial score (nSPS) is 17.8. The van der Waals surface area contributed by atoms with E-state index >= 15 is 0 Å². The number of nitro groups is 1. The SMILES string of the molecule is O=[N+]([O-])c1sccc1C1OCCO1. The van der Waals surface area contributed by atoms with Crippen molar-refractivity contribution in [1.29, 1.82) is 0 Å². The molecule has 1 aliphatic heterocycles. The van der Waals surface area contributed by atoms with Crippen LogP contribution in [0.5, 0.6) is 0 Å². The number of ether oxygens (including phenoxy) is 2. The van der Waals surface area contributed by atoms with Gasteiger partial charge in [0.15, 0.2) is 6.29 Å². The van der Waals surface area contributed by atoms with Crippen molar-refractivity contribution >= 4 is 16.3 Å². The van der Waals surface area contributed by atoms with Crippen molar-refractivity contribution < 1.29 is 14.4 Å². The zero-order chi connectivity index (χ0) is 9.26. The summed E-state index contributed by atoms with van der Waals surface area (Å²) in [5, 5.41) is 12.3. The molecule has 1 aromatic rings. The van der Waals surface area contributed by atoms with Gasteiger partial charge in [-0.1, -0.05) is 11.3 Å². The van der Waals surface area contributed by atoms with E-state index in [0.29, 0.717) is 18.8 Å². The van der Waals surface area contributed by atoms with E-state index in [9.17, 15) is 10.1 Å². The van der Waals surface area contributed by atoms with Gasteiger partial charge in [0.2, 0.25) is 0 Å². The van der Waals surface area contributed by atoms with Gasteiger partial charge in [-0.15, -0.1) is 0 Å². The van der Waals surface area contributed by atoms with E-state index in [0.717, 1.165) is 11.3 Å². The first-order valence-electron chi connectivity index (χ1n) is 3.74. The van der Waals surface area contributed by atoms with Gasteiger partial charge in [0.25, 0.3) is 0 Å². The van der Waals surface area contributed by atoms with Crippen LogP contribution < -0.4 is 0 Å². The van der Waals surface area contributed by atoms with Crippen LogP contribution in [0.2, 0.25) is 0 Å². The summed E-state index contributed by atoms with van der Waals surface area (Å²) < 4.78 is 10.3. The molecular weight excluding hydrogens is 194 g/mol. The van der Waals surface area contributed by atoms with Gasteiger partial charge in [0.05, 0.1) is 23.7 Å². The van der Waals surface area contributed by atoms with Gasteiger partial charge in [-0.05, 0) is 11.4 Å². The minimum atomic E-state index is -0.549. The summed E-state index contributed by atoms with van der Waals surface area (Å²) in [4.78, 5) is 10.1. The molecule has 1 fully saturated rings. The molecule has 0 amide bonds. The number of nitrogens with zero attached hydrogens (tertiary/aromatic N) is 1. The van der Waals surface area contributed by atoms with Crippen LogP contribution in [0.1, 0.15) is 11.9 Å². The van der Waals surface area contributed by atoms with Crippen LogP contribution in [0.15, 0.2) is 11.4 Å². The van der Waals surface area contributed by atoms with Crippen molar-refractivity contribution in [1.82, 2.24) is 0 Å². The molecule has 0 atom stereocenters. The van der Waals surface area contributed by atoms with Gasteiger partial charge in [0.1, 0.15) is 0 Å². The van der Waals surface area contributed by atoms with Crippen molar-refractivity contribution in [2.45, 2.75) is 6.29 Å². The maximum absolute atomic E-state index is 10.5. The average molecular weight is 201 g/mol. The number of hydrogen-bond acceptors (Lipinski definition) is 5. The molecule has 70 valence electrons. The quantitative estimate of drug-likeness (QED) is 0.539. The molecule has 1 aromatic heterocycles. The monoisotopic (exact) mass is 201 g/mol. The van der Waals surface area contributed by atoms with Gasteiger partial charge in [0, 0.05) is 0 Å². The molecule has 0 bridgehead atoms. The molecule has 0 saturated carbocycles. The molecule has 0 spiro atoms. The van der Waals surface area contributed by atoms with E-state index in [4.69, 9.17) is 9.47 Å². The Kier molecular flexibility index (Phi) is 2.26. The van der Waals surface area contributed by atoms with E-state index in [1.807, 2.05) is 0 Å². The second-order valence-electron chi connectivity index (χ2n) is 2.51. The summed E-state index contributed by atoms with van der Waals surface area (Å²) in [5.74, 6) is 0. The molecule has 5 nitrogen and oxygen atoms in total. The lowest BCUT2D eigenvalue weighted by Crippen LogP contribution is -1.99. The lowest BCUT2D eigenvalue weighted by molar-refractivity contribution is -0.382. The van der Waals surface area contributed by atoms with Crippen LogP contribution >= 0.6 is 11.3 Å². The first-order chi connectivity index (χ1) is 6.29. The standard InChI is InChI=1S/C7H7NO4S/c9-8(10)6-5(1-4-13-6)7-11-2-3-12-7/h1,4,7H,2-3H2. The average Bonchev–Trinajstić information content (AvgIpc) is 2.74. The summed E-state index contributed by atoms with van der Waals surface area (Å²) in [6, 6.07) is 1.67. The highest BCUT2D eigenvalue weighted by atomic mass is 32.1. The molecule has 0 aromatic carbocycles. The fourth-order valence-electron chi connectivity index (χ4n) is 1.18. The van der Waals surface area contributed by atoms with Crippen LogP contribution in [0, 0.1) is 10.1 Å². The van der Waals surface area contributed by atoms with Crippen LogP contribution in [0.3, 0.4) is 0 Å². The Morgan fingerprint density at radius 2 is 2.23 bits per heavy atom. The van der Waals surface area contributed by atoms with Gasteiger partial charge in [-0.2, -0.15) is 0 Å². The van der Waals surface area contributed by atoms with E-state index in [1.165, 1.54) is 0 Å². The van der Waals surface area contributed by atoms with Gasteiger partial charge in [-0.3, -0.25) is 10.1 Å². The minimum Gasteiger partial charge on any atom is -0.346 e. The third kappa shape index (κ3) is 1.55. The van der Waals surface area contributed by atoms with E-state index in [1.54, 1.807) is 11.4 Å². The van der Waals surface area contributed by atoms with Gasteiger partial charge >= 0.3 is 5.00 Å². The molecule has 0 aliphatic carbocycles. The Morgan fingerprint density at radius 1 is 1.54 bits per heavy atom. The highest BCUT2D eigenvalue weighted by Crippen LogP contribution is 2.34. The number of hydrogen-bond donors (Lipinski definition) is 0. The number of rotatable bonds is 2. The molecule has 0 radical (unpaired) electrons. The summed E-state index contributed by atoms with van der Waals surface area (Å²) >= 11 is 1.09. The summed E-state index contributed by atoms with van der Waals surface area (Å²) in [6.07, 6.45) is -0.549. The van der Waals surface area contributed by atoms with Crippen molar-refractivity contribution in [3.8, 4) is 0 Å². The number of thiophene rings is 1. The zero-order valence-electron chi connectivity index (χ0n) is 6.63. The second kappa shape index (κ2) is 3.41. The first kappa shape index (κ1) is 8.61. The molecule has 1 aliphatic rings. The first-order valence-corrected chi connectivity index (χ1v) is 4.62. The molecule has 1 saturated heterocycles. The molecule has 6 heteroatoms. The lowest BCUT2D eigenvalue weighted by Gasteiger charge is -2.04. The molecule has 13 heavy (non-hydrogen) atoms. The summed E-state index contributed by atoms with van der Waals surface area (Å²) in [6.45, 7) is 0.995. The highest BCUT2D eigenvalue weighted by molar-refractivity contribution is 7.13. The smallest absolute Gasteiger partial charge is 0.332 e. The maximum atomic E-state index is 10.5. The fraction of sp³-hybridized carbons (Fsp3) is 0.429. The predicted octanol–water partition coefficient (Wildman–Crippen LogP) is 1.70. The van der Waals surface area contributed by atoms with Crippen LogP contribution in [-0.4, -0.2) is 18.1 Å². The topological polar surface area (TPSA) is 61.6 Å². The minimum absolute atomic E-state index is 0.104. The Labute approximate surface area is 78.0 Å². The zero-order valence-corrected chi connectivity index (χ0v) is 7.45.